The lowest BCUT2D eigenvalue weighted by Gasteiger charge is -2.17. The van der Waals surface area contributed by atoms with Crippen LogP contribution in [0.15, 0.2) is 54.6 Å². The van der Waals surface area contributed by atoms with Gasteiger partial charge >= 0.3 is 11.9 Å². The smallest absolute Gasteiger partial charge is 0.354 e. The van der Waals surface area contributed by atoms with Crippen molar-refractivity contribution in [1.29, 1.82) is 0 Å². The highest BCUT2D eigenvalue weighted by Gasteiger charge is 2.23. The molecule has 10 heteroatoms. The molecule has 0 aliphatic carbocycles. The number of rotatable bonds is 9. The highest BCUT2D eigenvalue weighted by molar-refractivity contribution is 6.31. The Hall–Kier alpha value is -3.36. The van der Waals surface area contributed by atoms with Crippen molar-refractivity contribution in [2.45, 2.75) is 25.4 Å². The summed E-state index contributed by atoms with van der Waals surface area (Å²) in [5, 5.41) is 26.4. The Morgan fingerprint density at radius 3 is 2.44 bits per heavy atom. The van der Waals surface area contributed by atoms with E-state index in [0.29, 0.717) is 21.2 Å². The van der Waals surface area contributed by atoms with Gasteiger partial charge in [-0.2, -0.15) is 5.10 Å². The minimum atomic E-state index is -1.25. The van der Waals surface area contributed by atoms with Crippen LogP contribution in [0.5, 0.6) is 0 Å². The third-order valence-electron chi connectivity index (χ3n) is 4.63. The summed E-state index contributed by atoms with van der Waals surface area (Å²) in [7, 11) is 0. The maximum Gasteiger partial charge on any atom is 0.354 e. The molecule has 166 valence electrons. The normalized spacial score (nSPS) is 11.7. The molecule has 1 atom stereocenters. The number of hydrogen-bond acceptors (Lipinski definition) is 4. The summed E-state index contributed by atoms with van der Waals surface area (Å²) < 4.78 is 1.18. The van der Waals surface area contributed by atoms with Gasteiger partial charge in [-0.1, -0.05) is 53.5 Å². The van der Waals surface area contributed by atoms with Gasteiger partial charge in [0.05, 0.1) is 13.0 Å². The second kappa shape index (κ2) is 10.3. The van der Waals surface area contributed by atoms with E-state index in [4.69, 9.17) is 23.2 Å². The number of aliphatic carboxylic acids is 1. The van der Waals surface area contributed by atoms with Crippen molar-refractivity contribution in [3.8, 4) is 0 Å². The molecule has 32 heavy (non-hydrogen) atoms. The molecule has 0 fully saturated rings. The SMILES string of the molecule is O=C(O)C[C@@H](Cc1ccccc1Cl)NC(=O)c1cc(C(=O)O)n(Cc2cccc(Cl)c2)n1. The molecule has 3 aromatic rings. The molecule has 0 saturated carbocycles. The van der Waals surface area contributed by atoms with Crippen molar-refractivity contribution in [2.75, 3.05) is 0 Å². The van der Waals surface area contributed by atoms with Crippen molar-refractivity contribution in [2.24, 2.45) is 0 Å². The lowest BCUT2D eigenvalue weighted by Crippen LogP contribution is -2.38. The van der Waals surface area contributed by atoms with Gasteiger partial charge in [0.25, 0.3) is 5.91 Å². The van der Waals surface area contributed by atoms with E-state index in [2.05, 4.69) is 10.4 Å². The van der Waals surface area contributed by atoms with Crippen molar-refractivity contribution in [1.82, 2.24) is 15.1 Å². The fourth-order valence-corrected chi connectivity index (χ4v) is 3.63. The van der Waals surface area contributed by atoms with E-state index >= 15 is 0 Å². The number of carbonyl (C=O) groups is 3. The van der Waals surface area contributed by atoms with Crippen molar-refractivity contribution in [3.63, 3.8) is 0 Å². The van der Waals surface area contributed by atoms with Gasteiger partial charge in [0.2, 0.25) is 0 Å². The Labute approximate surface area is 193 Å². The second-order valence-electron chi connectivity index (χ2n) is 7.07. The van der Waals surface area contributed by atoms with Crippen LogP contribution in [-0.4, -0.2) is 43.9 Å². The predicted octanol–water partition coefficient (Wildman–Crippen LogP) is 3.75. The Kier molecular flexibility index (Phi) is 7.50. The van der Waals surface area contributed by atoms with E-state index in [-0.39, 0.29) is 30.8 Å². The molecule has 0 radical (unpaired) electrons. The van der Waals surface area contributed by atoms with E-state index in [1.807, 2.05) is 0 Å². The molecular formula is C22H19Cl2N3O5. The molecule has 3 rings (SSSR count). The second-order valence-corrected chi connectivity index (χ2v) is 7.91. The van der Waals surface area contributed by atoms with Crippen LogP contribution in [0.25, 0.3) is 0 Å². The van der Waals surface area contributed by atoms with Crippen molar-refractivity contribution < 1.29 is 24.6 Å². The summed E-state index contributed by atoms with van der Waals surface area (Å²) in [6, 6.07) is 14.1. The largest absolute Gasteiger partial charge is 0.481 e. The Balaban J connectivity index is 1.82. The number of aromatic carboxylic acids is 1. The first-order chi connectivity index (χ1) is 15.2. The maximum absolute atomic E-state index is 12.8. The fraction of sp³-hybridized carbons (Fsp3) is 0.182. The number of carboxylic acids is 2. The zero-order chi connectivity index (χ0) is 23.3. The summed E-state index contributed by atoms with van der Waals surface area (Å²) >= 11 is 12.1. The molecule has 0 saturated heterocycles. The Morgan fingerprint density at radius 1 is 1.03 bits per heavy atom. The number of carboxylic acid groups (broad SMARTS) is 2. The van der Waals surface area contributed by atoms with Crippen molar-refractivity contribution in [3.05, 3.63) is 87.2 Å². The van der Waals surface area contributed by atoms with Crippen LogP contribution in [0, 0.1) is 0 Å². The van der Waals surface area contributed by atoms with Crippen LogP contribution < -0.4 is 5.32 Å². The van der Waals surface area contributed by atoms with Gasteiger partial charge in [-0.25, -0.2) is 4.79 Å². The average molecular weight is 476 g/mol. The van der Waals surface area contributed by atoms with Crippen LogP contribution in [0.4, 0.5) is 0 Å². The number of halogens is 2. The molecular weight excluding hydrogens is 457 g/mol. The van der Waals surface area contributed by atoms with Gasteiger partial charge in [-0.3, -0.25) is 14.3 Å². The lowest BCUT2D eigenvalue weighted by atomic mass is 10.0. The highest BCUT2D eigenvalue weighted by atomic mass is 35.5. The number of benzene rings is 2. The van der Waals surface area contributed by atoms with Crippen LogP contribution in [-0.2, 0) is 17.8 Å². The first-order valence-corrected chi connectivity index (χ1v) is 10.3. The third-order valence-corrected chi connectivity index (χ3v) is 5.24. The molecule has 0 spiro atoms. The maximum atomic E-state index is 12.8. The molecule has 1 amide bonds. The fourth-order valence-electron chi connectivity index (χ4n) is 3.20. The van der Waals surface area contributed by atoms with E-state index in [0.717, 1.165) is 6.07 Å². The van der Waals surface area contributed by atoms with Crippen LogP contribution in [0.2, 0.25) is 10.0 Å². The quantitative estimate of drug-likeness (QED) is 0.433. The van der Waals surface area contributed by atoms with Crippen LogP contribution in [0.3, 0.4) is 0 Å². The summed E-state index contributed by atoms with van der Waals surface area (Å²) in [6.07, 6.45) is -0.154. The molecule has 2 aromatic carbocycles. The molecule has 8 nitrogen and oxygen atoms in total. The molecule has 0 aliphatic heterocycles. The van der Waals surface area contributed by atoms with Gasteiger partial charge in [-0.15, -0.1) is 0 Å². The van der Waals surface area contributed by atoms with Gasteiger partial charge in [0.15, 0.2) is 5.69 Å². The number of carbonyl (C=O) groups excluding carboxylic acids is 1. The predicted molar refractivity (Wildman–Crippen MR) is 118 cm³/mol. The summed E-state index contributed by atoms with van der Waals surface area (Å²) in [5.41, 5.74) is 1.06. The first kappa shape index (κ1) is 23.3. The minimum Gasteiger partial charge on any atom is -0.481 e. The molecule has 0 unspecified atom stereocenters. The highest BCUT2D eigenvalue weighted by Crippen LogP contribution is 2.18. The lowest BCUT2D eigenvalue weighted by molar-refractivity contribution is -0.137. The van der Waals surface area contributed by atoms with Crippen molar-refractivity contribution >= 4 is 41.0 Å². The van der Waals surface area contributed by atoms with E-state index < -0.39 is 23.9 Å². The standard InChI is InChI=1S/C22H19Cl2N3O5/c23-15-6-3-4-13(8-15)12-27-19(22(31)32)11-18(26-27)21(30)25-16(10-20(28)29)9-14-5-1-2-7-17(14)24/h1-8,11,16H,9-10,12H2,(H,25,30)(H,28,29)(H,31,32)/t16-/m1/s1. The summed E-state index contributed by atoms with van der Waals surface area (Å²) in [4.78, 5) is 35.7. The summed E-state index contributed by atoms with van der Waals surface area (Å²) in [5.74, 6) is -3.03. The monoisotopic (exact) mass is 475 g/mol. The number of amides is 1. The van der Waals surface area contributed by atoms with E-state index in [1.54, 1.807) is 48.5 Å². The zero-order valence-corrected chi connectivity index (χ0v) is 18.2. The van der Waals surface area contributed by atoms with Gasteiger partial charge in [0, 0.05) is 22.2 Å². The Morgan fingerprint density at radius 2 is 1.78 bits per heavy atom. The number of hydrogen-bond donors (Lipinski definition) is 3. The molecule has 1 heterocycles. The topological polar surface area (TPSA) is 122 Å². The van der Waals surface area contributed by atoms with E-state index in [1.165, 1.54) is 4.68 Å². The van der Waals surface area contributed by atoms with Gasteiger partial charge < -0.3 is 15.5 Å². The Bertz CT molecular complexity index is 1160. The van der Waals surface area contributed by atoms with Gasteiger partial charge in [-0.05, 0) is 35.7 Å². The average Bonchev–Trinajstić information content (AvgIpc) is 3.13. The first-order valence-electron chi connectivity index (χ1n) is 9.54. The molecule has 0 bridgehead atoms. The molecule has 3 N–H and O–H groups in total. The zero-order valence-electron chi connectivity index (χ0n) is 16.7. The third kappa shape index (κ3) is 6.09. The number of aromatic nitrogens is 2. The summed E-state index contributed by atoms with van der Waals surface area (Å²) in [6.45, 7) is 0.0909. The van der Waals surface area contributed by atoms with E-state index in [9.17, 15) is 24.6 Å². The number of nitrogens with zero attached hydrogens (tertiary/aromatic N) is 2. The van der Waals surface area contributed by atoms with Crippen LogP contribution >= 0.6 is 23.2 Å². The minimum absolute atomic E-state index is 0.0909. The van der Waals surface area contributed by atoms with Crippen LogP contribution in [0.1, 0.15) is 38.5 Å². The van der Waals surface area contributed by atoms with Gasteiger partial charge in [0.1, 0.15) is 5.69 Å². The molecule has 0 aliphatic rings. The number of nitrogens with one attached hydrogen (secondary N) is 1. The molecule has 1 aromatic heterocycles.